The predicted octanol–water partition coefficient (Wildman–Crippen LogP) is 2.59. The quantitative estimate of drug-likeness (QED) is 0.503. The molecule has 0 saturated heterocycles. The molecule has 66 valence electrons. The highest BCUT2D eigenvalue weighted by atomic mass is 16.1. The zero-order valence-corrected chi connectivity index (χ0v) is 8.11. The molecule has 0 radical (unpaired) electrons. The molecule has 2 atom stereocenters. The summed E-state index contributed by atoms with van der Waals surface area (Å²) in [6, 6.07) is 0. The first kappa shape index (κ1) is 8.07. The van der Waals surface area contributed by atoms with Crippen LogP contribution in [0.5, 0.6) is 0 Å². The van der Waals surface area contributed by atoms with E-state index in [0.717, 1.165) is 11.5 Å². The van der Waals surface area contributed by atoms with Gasteiger partial charge in [-0.1, -0.05) is 20.8 Å². The number of carbonyl (C=O) groups excluding carboxylic acids is 1. The summed E-state index contributed by atoms with van der Waals surface area (Å²) in [4.78, 5) is 10.9. The van der Waals surface area contributed by atoms with Gasteiger partial charge >= 0.3 is 0 Å². The van der Waals surface area contributed by atoms with Gasteiger partial charge in [-0.05, 0) is 30.6 Å². The van der Waals surface area contributed by atoms with Gasteiger partial charge < -0.3 is 0 Å². The van der Waals surface area contributed by atoms with E-state index in [4.69, 9.17) is 0 Å². The van der Waals surface area contributed by atoms with Crippen molar-refractivity contribution in [3.63, 3.8) is 0 Å². The van der Waals surface area contributed by atoms with Gasteiger partial charge in [-0.3, -0.25) is 0 Å². The number of hydrogen-bond donors (Lipinski definition) is 0. The molecule has 0 N–H and O–H groups in total. The van der Waals surface area contributed by atoms with Gasteiger partial charge in [-0.15, -0.1) is 0 Å². The molecule has 0 aliphatic heterocycles. The molecular formula is C11H16O. The van der Waals surface area contributed by atoms with Gasteiger partial charge in [0.05, 0.1) is 0 Å². The standard InChI is InChI=1S/C11H16O/c1-10(2)8-4-5-11(3,6-8)9(10)7-12/h8H,4-6H2,1-3H3/t8-,11+/m1/s1. The Morgan fingerprint density at radius 3 is 2.42 bits per heavy atom. The minimum atomic E-state index is 0.134. The van der Waals surface area contributed by atoms with Crippen LogP contribution in [0.15, 0.2) is 5.57 Å². The predicted molar refractivity (Wildman–Crippen MR) is 48.4 cm³/mol. The average Bonchev–Trinajstić information content (AvgIpc) is 2.39. The van der Waals surface area contributed by atoms with Crippen LogP contribution in [-0.4, -0.2) is 5.94 Å². The smallest absolute Gasteiger partial charge is 0.124 e. The molecule has 2 aliphatic rings. The Morgan fingerprint density at radius 2 is 2.08 bits per heavy atom. The normalized spacial score (nSPS) is 43.2. The molecule has 0 aromatic heterocycles. The highest BCUT2D eigenvalue weighted by Gasteiger charge is 2.56. The lowest BCUT2D eigenvalue weighted by molar-refractivity contribution is 0.276. The third kappa shape index (κ3) is 0.728. The van der Waals surface area contributed by atoms with E-state index in [1.807, 2.05) is 0 Å². The second-order valence-corrected chi connectivity index (χ2v) is 5.20. The molecule has 2 saturated carbocycles. The summed E-state index contributed by atoms with van der Waals surface area (Å²) < 4.78 is 0. The van der Waals surface area contributed by atoms with Crippen LogP contribution in [0.3, 0.4) is 0 Å². The maximum atomic E-state index is 10.9. The lowest BCUT2D eigenvalue weighted by Crippen LogP contribution is -2.26. The van der Waals surface area contributed by atoms with Crippen molar-refractivity contribution in [1.29, 1.82) is 0 Å². The number of rotatable bonds is 0. The molecule has 0 aromatic rings. The van der Waals surface area contributed by atoms with Crippen LogP contribution in [-0.2, 0) is 4.79 Å². The summed E-state index contributed by atoms with van der Waals surface area (Å²) >= 11 is 0. The summed E-state index contributed by atoms with van der Waals surface area (Å²) in [6.07, 6.45) is 3.71. The van der Waals surface area contributed by atoms with Crippen LogP contribution >= 0.6 is 0 Å². The van der Waals surface area contributed by atoms with E-state index in [2.05, 4.69) is 26.7 Å². The average molecular weight is 164 g/mol. The SMILES string of the molecule is CC1(C)C(=C=O)[C@@]2(C)CC[C@@H]1C2. The van der Waals surface area contributed by atoms with Crippen molar-refractivity contribution in [2.24, 2.45) is 16.7 Å². The number of fused-ring (bicyclic) bond motifs is 2. The van der Waals surface area contributed by atoms with Crippen LogP contribution in [0.1, 0.15) is 40.0 Å². The second kappa shape index (κ2) is 2.03. The molecule has 1 heteroatoms. The van der Waals surface area contributed by atoms with Crippen LogP contribution < -0.4 is 0 Å². The van der Waals surface area contributed by atoms with Crippen molar-refractivity contribution < 1.29 is 4.79 Å². The summed E-state index contributed by atoms with van der Waals surface area (Å²) in [5.74, 6) is 2.93. The first-order valence-electron chi connectivity index (χ1n) is 4.77. The van der Waals surface area contributed by atoms with E-state index < -0.39 is 0 Å². The molecular weight excluding hydrogens is 148 g/mol. The second-order valence-electron chi connectivity index (χ2n) is 5.20. The van der Waals surface area contributed by atoms with Crippen LogP contribution in [0.25, 0.3) is 0 Å². The van der Waals surface area contributed by atoms with Crippen molar-refractivity contribution >= 4 is 5.94 Å². The molecule has 0 aromatic carbocycles. The van der Waals surface area contributed by atoms with Gasteiger partial charge in [0, 0.05) is 11.0 Å². The molecule has 1 nitrogen and oxygen atoms in total. The lowest BCUT2D eigenvalue weighted by Gasteiger charge is -2.33. The first-order chi connectivity index (χ1) is 5.50. The van der Waals surface area contributed by atoms with Crippen molar-refractivity contribution in [1.82, 2.24) is 0 Å². The fourth-order valence-corrected chi connectivity index (χ4v) is 3.32. The Hall–Kier alpha value is -0.550. The summed E-state index contributed by atoms with van der Waals surface area (Å²) in [7, 11) is 0. The molecule has 2 rings (SSSR count). The highest BCUT2D eigenvalue weighted by Crippen LogP contribution is 2.64. The van der Waals surface area contributed by atoms with E-state index in [1.54, 1.807) is 0 Å². The van der Waals surface area contributed by atoms with Gasteiger partial charge in [-0.25, -0.2) is 4.79 Å². The van der Waals surface area contributed by atoms with Gasteiger partial charge in [0.25, 0.3) is 0 Å². The Kier molecular flexibility index (Phi) is 1.36. The maximum absolute atomic E-state index is 10.9. The van der Waals surface area contributed by atoms with E-state index in [9.17, 15) is 4.79 Å². The highest BCUT2D eigenvalue weighted by molar-refractivity contribution is 5.60. The van der Waals surface area contributed by atoms with Crippen molar-refractivity contribution in [2.45, 2.75) is 40.0 Å². The van der Waals surface area contributed by atoms with Gasteiger partial charge in [0.15, 0.2) is 0 Å². The van der Waals surface area contributed by atoms with E-state index >= 15 is 0 Å². The molecule has 12 heavy (non-hydrogen) atoms. The minimum Gasteiger partial charge on any atom is -0.234 e. The van der Waals surface area contributed by atoms with Crippen LogP contribution in [0.2, 0.25) is 0 Å². The third-order valence-corrected chi connectivity index (χ3v) is 4.11. The minimum absolute atomic E-state index is 0.134. The Bertz CT molecular complexity index is 264. The summed E-state index contributed by atoms with van der Waals surface area (Å²) in [6.45, 7) is 6.62. The molecule has 0 unspecified atom stereocenters. The molecule has 2 aliphatic carbocycles. The first-order valence-corrected chi connectivity index (χ1v) is 4.77. The molecule has 2 bridgehead atoms. The molecule has 2 fully saturated rings. The van der Waals surface area contributed by atoms with Crippen LogP contribution in [0.4, 0.5) is 0 Å². The third-order valence-electron chi connectivity index (χ3n) is 4.11. The van der Waals surface area contributed by atoms with E-state index in [1.165, 1.54) is 19.3 Å². The summed E-state index contributed by atoms with van der Waals surface area (Å²) in [5.41, 5.74) is 1.39. The monoisotopic (exact) mass is 164 g/mol. The maximum Gasteiger partial charge on any atom is 0.124 e. The molecule has 0 spiro atoms. The largest absolute Gasteiger partial charge is 0.234 e. The number of allylic oxidation sites excluding steroid dienone is 1. The van der Waals surface area contributed by atoms with Crippen LogP contribution in [0, 0.1) is 16.7 Å². The fraction of sp³-hybridized carbons (Fsp3) is 0.818. The lowest BCUT2D eigenvalue weighted by atomic mass is 9.69. The van der Waals surface area contributed by atoms with E-state index in [-0.39, 0.29) is 10.8 Å². The van der Waals surface area contributed by atoms with Crippen molar-refractivity contribution in [3.8, 4) is 0 Å². The Morgan fingerprint density at radius 1 is 1.42 bits per heavy atom. The van der Waals surface area contributed by atoms with Gasteiger partial charge in [0.1, 0.15) is 5.94 Å². The van der Waals surface area contributed by atoms with Gasteiger partial charge in [-0.2, -0.15) is 0 Å². The zero-order valence-electron chi connectivity index (χ0n) is 8.11. The summed E-state index contributed by atoms with van der Waals surface area (Å²) in [5, 5.41) is 0. The molecule has 0 heterocycles. The van der Waals surface area contributed by atoms with Gasteiger partial charge in [0.2, 0.25) is 0 Å². The Balaban J connectivity index is 2.52. The number of hydrogen-bond acceptors (Lipinski definition) is 1. The zero-order chi connectivity index (χ0) is 8.98. The van der Waals surface area contributed by atoms with Crippen molar-refractivity contribution in [2.75, 3.05) is 0 Å². The Labute approximate surface area is 73.8 Å². The molecule has 0 amide bonds. The topological polar surface area (TPSA) is 17.1 Å². The fourth-order valence-electron chi connectivity index (χ4n) is 3.32. The van der Waals surface area contributed by atoms with Crippen molar-refractivity contribution in [3.05, 3.63) is 5.57 Å². The van der Waals surface area contributed by atoms with E-state index in [0.29, 0.717) is 0 Å².